The fourth-order valence-electron chi connectivity index (χ4n) is 2.08. The average molecular weight is 348 g/mol. The van der Waals surface area contributed by atoms with Crippen molar-refractivity contribution < 1.29 is 4.79 Å². The van der Waals surface area contributed by atoms with E-state index >= 15 is 0 Å². The van der Waals surface area contributed by atoms with Crippen molar-refractivity contribution in [2.75, 3.05) is 13.1 Å². The fraction of sp³-hybridized carbons (Fsp3) is 0.500. The van der Waals surface area contributed by atoms with Gasteiger partial charge >= 0.3 is 0 Å². The van der Waals surface area contributed by atoms with E-state index in [1.807, 2.05) is 31.2 Å². The van der Waals surface area contributed by atoms with Gasteiger partial charge in [0.05, 0.1) is 5.41 Å². The second-order valence-corrected chi connectivity index (χ2v) is 6.06. The lowest BCUT2D eigenvalue weighted by molar-refractivity contribution is -0.123. The van der Waals surface area contributed by atoms with E-state index in [9.17, 15) is 4.79 Å². The Kier molecular flexibility index (Phi) is 5.83. The van der Waals surface area contributed by atoms with E-state index in [2.05, 4.69) is 21.2 Å². The summed E-state index contributed by atoms with van der Waals surface area (Å²) >= 11 is 3.46. The molecule has 0 saturated heterocycles. The van der Waals surface area contributed by atoms with Gasteiger partial charge in [0, 0.05) is 11.0 Å². The van der Waals surface area contributed by atoms with Gasteiger partial charge in [0.25, 0.3) is 0 Å². The number of nitrogens with one attached hydrogen (secondary N) is 1. The van der Waals surface area contributed by atoms with E-state index in [1.54, 1.807) is 0 Å². The molecular formula is C14H20BrClN2O. The number of hydrogen-bond acceptors (Lipinski definition) is 2. The first-order valence-electron chi connectivity index (χ1n) is 6.33. The van der Waals surface area contributed by atoms with Crippen LogP contribution in [-0.2, 0) is 10.2 Å². The molecule has 3 N–H and O–H groups in total. The third-order valence-corrected chi connectivity index (χ3v) is 4.07. The maximum Gasteiger partial charge on any atom is 0.230 e. The minimum atomic E-state index is -0.294. The number of carbonyl (C=O) groups is 1. The highest BCUT2D eigenvalue weighted by atomic mass is 79.9. The largest absolute Gasteiger partial charge is 0.355 e. The first-order valence-corrected chi connectivity index (χ1v) is 7.12. The minimum absolute atomic E-state index is 0. The summed E-state index contributed by atoms with van der Waals surface area (Å²) in [6.45, 7) is 3.30. The summed E-state index contributed by atoms with van der Waals surface area (Å²) in [5.74, 6) is 0.466. The Labute approximate surface area is 128 Å². The Morgan fingerprint density at radius 2 is 2.21 bits per heavy atom. The van der Waals surface area contributed by atoms with Gasteiger partial charge in [0.1, 0.15) is 0 Å². The highest BCUT2D eigenvalue weighted by Gasteiger charge is 2.51. The van der Waals surface area contributed by atoms with E-state index in [-0.39, 0.29) is 23.7 Å². The van der Waals surface area contributed by atoms with Crippen molar-refractivity contribution in [3.8, 4) is 0 Å². The normalized spacial score (nSPS) is 17.2. The molecule has 5 heteroatoms. The maximum absolute atomic E-state index is 12.3. The molecule has 1 aromatic carbocycles. The van der Waals surface area contributed by atoms with Crippen LogP contribution in [0.3, 0.4) is 0 Å². The van der Waals surface area contributed by atoms with Gasteiger partial charge in [-0.05, 0) is 43.0 Å². The molecule has 1 atom stereocenters. The maximum atomic E-state index is 12.3. The molecule has 1 aliphatic rings. The number of carbonyl (C=O) groups excluding carboxylic acids is 1. The van der Waals surface area contributed by atoms with Crippen LogP contribution in [0.15, 0.2) is 28.7 Å². The molecule has 1 amide bonds. The first-order chi connectivity index (χ1) is 8.58. The molecule has 0 radical (unpaired) electrons. The zero-order valence-electron chi connectivity index (χ0n) is 11.0. The Morgan fingerprint density at radius 1 is 1.53 bits per heavy atom. The fourth-order valence-corrected chi connectivity index (χ4v) is 2.48. The van der Waals surface area contributed by atoms with Crippen LogP contribution < -0.4 is 11.1 Å². The molecule has 2 rings (SSSR count). The van der Waals surface area contributed by atoms with Gasteiger partial charge in [-0.25, -0.2) is 0 Å². The zero-order chi connectivity index (χ0) is 13.2. The van der Waals surface area contributed by atoms with Crippen molar-refractivity contribution in [2.24, 2.45) is 11.7 Å². The zero-order valence-corrected chi connectivity index (χ0v) is 13.4. The standard InChI is InChI=1S/C14H19BrN2O.ClH/c1-10(8-16)9-17-13(18)14(5-6-14)11-3-2-4-12(15)7-11;/h2-4,7,10H,5-6,8-9,16H2,1H3,(H,17,18);1H. The smallest absolute Gasteiger partial charge is 0.230 e. The second-order valence-electron chi connectivity index (χ2n) is 5.14. The van der Waals surface area contributed by atoms with Gasteiger partial charge < -0.3 is 11.1 Å². The minimum Gasteiger partial charge on any atom is -0.355 e. The van der Waals surface area contributed by atoms with Crippen molar-refractivity contribution >= 4 is 34.2 Å². The lowest BCUT2D eigenvalue weighted by Gasteiger charge is -2.17. The molecule has 0 heterocycles. The van der Waals surface area contributed by atoms with E-state index in [4.69, 9.17) is 5.73 Å². The van der Waals surface area contributed by atoms with Crippen LogP contribution in [0.4, 0.5) is 0 Å². The summed E-state index contributed by atoms with van der Waals surface area (Å²) < 4.78 is 1.02. The van der Waals surface area contributed by atoms with Gasteiger partial charge in [-0.15, -0.1) is 12.4 Å². The van der Waals surface area contributed by atoms with Crippen LogP contribution in [0.25, 0.3) is 0 Å². The number of halogens is 2. The lowest BCUT2D eigenvalue weighted by Crippen LogP contribution is -2.38. The average Bonchev–Trinajstić information content (AvgIpc) is 3.17. The van der Waals surface area contributed by atoms with Gasteiger partial charge in [-0.3, -0.25) is 4.79 Å². The summed E-state index contributed by atoms with van der Waals surface area (Å²) in [5, 5.41) is 3.02. The van der Waals surface area contributed by atoms with Gasteiger partial charge in [0.2, 0.25) is 5.91 Å². The monoisotopic (exact) mass is 346 g/mol. The SMILES string of the molecule is CC(CN)CNC(=O)C1(c2cccc(Br)c2)CC1.Cl. The quantitative estimate of drug-likeness (QED) is 0.860. The molecule has 1 aromatic rings. The van der Waals surface area contributed by atoms with Crippen LogP contribution in [-0.4, -0.2) is 19.0 Å². The Bertz CT molecular complexity index is 449. The van der Waals surface area contributed by atoms with Crippen molar-refractivity contribution in [1.29, 1.82) is 0 Å². The van der Waals surface area contributed by atoms with Gasteiger partial charge in [-0.1, -0.05) is 35.0 Å². The third-order valence-electron chi connectivity index (χ3n) is 3.58. The van der Waals surface area contributed by atoms with Crippen molar-refractivity contribution in [3.05, 3.63) is 34.3 Å². The van der Waals surface area contributed by atoms with E-state index in [0.29, 0.717) is 19.0 Å². The number of hydrogen-bond donors (Lipinski definition) is 2. The third kappa shape index (κ3) is 3.71. The summed E-state index contributed by atoms with van der Waals surface area (Å²) in [6.07, 6.45) is 1.87. The van der Waals surface area contributed by atoms with Crippen LogP contribution in [0.5, 0.6) is 0 Å². The van der Waals surface area contributed by atoms with Crippen molar-refractivity contribution in [2.45, 2.75) is 25.2 Å². The second kappa shape index (κ2) is 6.73. The molecule has 0 bridgehead atoms. The van der Waals surface area contributed by atoms with E-state index in [0.717, 1.165) is 22.9 Å². The highest BCUT2D eigenvalue weighted by molar-refractivity contribution is 9.10. The number of rotatable bonds is 5. The highest BCUT2D eigenvalue weighted by Crippen LogP contribution is 2.48. The summed E-state index contributed by atoms with van der Waals surface area (Å²) in [4.78, 5) is 12.3. The molecule has 0 aromatic heterocycles. The summed E-state index contributed by atoms with van der Waals surface area (Å²) in [5.41, 5.74) is 6.37. The Balaban J connectivity index is 0.00000180. The Hall–Kier alpha value is -0.580. The first kappa shape index (κ1) is 16.5. The molecule has 3 nitrogen and oxygen atoms in total. The van der Waals surface area contributed by atoms with Crippen LogP contribution in [0.1, 0.15) is 25.3 Å². The Morgan fingerprint density at radius 3 is 2.74 bits per heavy atom. The molecule has 1 saturated carbocycles. The van der Waals surface area contributed by atoms with Crippen LogP contribution in [0, 0.1) is 5.92 Å². The molecule has 1 unspecified atom stereocenters. The van der Waals surface area contributed by atoms with Gasteiger partial charge in [-0.2, -0.15) is 0 Å². The molecule has 0 aliphatic heterocycles. The van der Waals surface area contributed by atoms with Crippen LogP contribution >= 0.6 is 28.3 Å². The molecular weight excluding hydrogens is 328 g/mol. The topological polar surface area (TPSA) is 55.1 Å². The van der Waals surface area contributed by atoms with Crippen molar-refractivity contribution in [1.82, 2.24) is 5.32 Å². The predicted molar refractivity (Wildman–Crippen MR) is 83.5 cm³/mol. The lowest BCUT2D eigenvalue weighted by atomic mass is 9.95. The number of nitrogens with two attached hydrogens (primary N) is 1. The molecule has 19 heavy (non-hydrogen) atoms. The predicted octanol–water partition coefficient (Wildman–Crippen LogP) is 2.61. The number of benzene rings is 1. The molecule has 1 fully saturated rings. The summed E-state index contributed by atoms with van der Waals surface area (Å²) in [7, 11) is 0. The summed E-state index contributed by atoms with van der Waals surface area (Å²) in [6, 6.07) is 8.03. The van der Waals surface area contributed by atoms with Crippen molar-refractivity contribution in [3.63, 3.8) is 0 Å². The van der Waals surface area contributed by atoms with Gasteiger partial charge in [0.15, 0.2) is 0 Å². The van der Waals surface area contributed by atoms with Crippen LogP contribution in [0.2, 0.25) is 0 Å². The van der Waals surface area contributed by atoms with E-state index in [1.165, 1.54) is 0 Å². The molecule has 0 spiro atoms. The molecule has 106 valence electrons. The molecule has 1 aliphatic carbocycles. The number of amides is 1. The van der Waals surface area contributed by atoms with E-state index < -0.39 is 0 Å².